The zero-order valence-electron chi connectivity index (χ0n) is 8.56. The molecular formula is C12H16SiZr. The molecular weight excluding hydrogens is 263 g/mol. The van der Waals surface area contributed by atoms with Gasteiger partial charge in [0.05, 0.1) is 0 Å². The minimum Gasteiger partial charge on any atom is -0.214 e. The van der Waals surface area contributed by atoms with Crippen molar-refractivity contribution in [3.05, 3.63) is 60.7 Å². The van der Waals surface area contributed by atoms with Crippen LogP contribution in [0.5, 0.6) is 0 Å². The maximum absolute atomic E-state index is 2.28. The van der Waals surface area contributed by atoms with Crippen LogP contribution in [0.3, 0.4) is 0 Å². The Labute approximate surface area is 104 Å². The Morgan fingerprint density at radius 1 is 0.929 bits per heavy atom. The molecule has 0 nitrogen and oxygen atoms in total. The Bertz CT molecular complexity index is 198. The van der Waals surface area contributed by atoms with E-state index in [2.05, 4.69) is 3.71 Å². The molecule has 0 amide bonds. The molecule has 0 bridgehead atoms. The molecule has 0 aliphatic carbocycles. The van der Waals surface area contributed by atoms with Gasteiger partial charge in [-0.3, -0.25) is 0 Å². The monoisotopic (exact) mass is 278 g/mol. The first-order valence-corrected chi connectivity index (χ1v) is 7.57. The van der Waals surface area contributed by atoms with Gasteiger partial charge >= 0.3 is 44.2 Å². The average molecular weight is 280 g/mol. The van der Waals surface area contributed by atoms with E-state index in [-0.39, 0.29) is 0 Å². The summed E-state index contributed by atoms with van der Waals surface area (Å²) in [6.07, 6.45) is 0. The van der Waals surface area contributed by atoms with E-state index in [9.17, 15) is 0 Å². The summed E-state index contributed by atoms with van der Waals surface area (Å²) in [7, 11) is 1.36. The molecule has 2 heteroatoms. The fraction of sp³-hybridized carbons (Fsp3) is 0.0833. The van der Waals surface area contributed by atoms with Crippen molar-refractivity contribution < 1.29 is 24.2 Å². The Balaban J connectivity index is 0.000000183. The maximum atomic E-state index is 2.28. The van der Waals surface area contributed by atoms with Gasteiger partial charge in [0.15, 0.2) is 0 Å². The topological polar surface area (TPSA) is 0 Å². The second kappa shape index (κ2) is 12.7. The zero-order valence-corrected chi connectivity index (χ0v) is 13.0. The number of hydrogen-bond acceptors (Lipinski definition) is 0. The third-order valence-electron chi connectivity index (χ3n) is 1.32. The van der Waals surface area contributed by atoms with Crippen LogP contribution in [0.15, 0.2) is 60.7 Å². The smallest absolute Gasteiger partial charge is 0.172 e. The van der Waals surface area contributed by atoms with Gasteiger partial charge in [0.2, 0.25) is 0 Å². The van der Waals surface area contributed by atoms with Crippen LogP contribution >= 0.6 is 0 Å². The van der Waals surface area contributed by atoms with Gasteiger partial charge in [-0.25, -0.2) is 24.3 Å². The molecule has 0 fully saturated rings. The largest absolute Gasteiger partial charge is 0.214 e. The summed E-state index contributed by atoms with van der Waals surface area (Å²) in [4.78, 5) is 0. The number of hydrogen-bond donors (Lipinski definition) is 0. The van der Waals surface area contributed by atoms with Crippen LogP contribution in [0.4, 0.5) is 0 Å². The first-order chi connectivity index (χ1) is 6.91. The van der Waals surface area contributed by atoms with Crippen LogP contribution in [0.2, 0.25) is 6.04 Å². The summed E-state index contributed by atoms with van der Waals surface area (Å²) >= 11 is 1.58. The van der Waals surface area contributed by atoms with E-state index < -0.39 is 0 Å². The van der Waals surface area contributed by atoms with Gasteiger partial charge < -0.3 is 0 Å². The fourth-order valence-electron chi connectivity index (χ4n) is 0.642. The van der Waals surface area contributed by atoms with Gasteiger partial charge in [-0.15, -0.1) is 0 Å². The van der Waals surface area contributed by atoms with Crippen LogP contribution in [-0.2, 0) is 24.2 Å². The Kier molecular flexibility index (Phi) is 12.4. The minimum atomic E-state index is 1.36. The predicted octanol–water partition coefficient (Wildman–Crippen LogP) is 1.93. The van der Waals surface area contributed by atoms with E-state index in [1.807, 2.05) is 60.7 Å². The van der Waals surface area contributed by atoms with Gasteiger partial charge in [0, 0.05) is 0 Å². The molecule has 2 aromatic carbocycles. The second-order valence-electron chi connectivity index (χ2n) is 2.54. The van der Waals surface area contributed by atoms with E-state index >= 15 is 0 Å². The SMILES string of the molecule is [SiH3]C[CH]=[Zr+2].c1cc[cH-]c1.c1cc[cH-]c1. The van der Waals surface area contributed by atoms with E-state index in [1.165, 1.54) is 16.3 Å². The molecule has 0 N–H and O–H groups in total. The first kappa shape index (κ1) is 13.7. The van der Waals surface area contributed by atoms with Crippen molar-refractivity contribution in [2.75, 3.05) is 0 Å². The van der Waals surface area contributed by atoms with Crippen LogP contribution < -0.4 is 0 Å². The Morgan fingerprint density at radius 3 is 1.29 bits per heavy atom. The average Bonchev–Trinajstić information content (AvgIpc) is 2.94. The summed E-state index contributed by atoms with van der Waals surface area (Å²) in [5, 5.41) is 0. The molecule has 0 atom stereocenters. The molecule has 2 aromatic rings. The maximum Gasteiger partial charge on any atom is -0.172 e. The van der Waals surface area contributed by atoms with Crippen molar-refractivity contribution in [3.8, 4) is 0 Å². The summed E-state index contributed by atoms with van der Waals surface area (Å²) in [5.74, 6) is 0. The number of rotatable bonds is 1. The molecule has 72 valence electrons. The van der Waals surface area contributed by atoms with Gasteiger partial charge in [-0.2, -0.15) is 36.4 Å². The summed E-state index contributed by atoms with van der Waals surface area (Å²) in [5.41, 5.74) is 0. The van der Waals surface area contributed by atoms with Gasteiger partial charge in [-0.05, 0) is 0 Å². The van der Waals surface area contributed by atoms with E-state index in [4.69, 9.17) is 0 Å². The summed E-state index contributed by atoms with van der Waals surface area (Å²) < 4.78 is 2.28. The summed E-state index contributed by atoms with van der Waals surface area (Å²) in [6, 6.07) is 21.4. The normalized spacial score (nSPS) is 7.86. The minimum absolute atomic E-state index is 1.36. The van der Waals surface area contributed by atoms with Crippen molar-refractivity contribution >= 4 is 14.0 Å². The standard InChI is InChI=1S/2C5H5.C2H6Si.Zr/c2*1-2-4-5-3-1;1-2-3;/h2*1-5H;1H,2H2,3H3;/q2*-1;;+2. The molecule has 0 heterocycles. The van der Waals surface area contributed by atoms with Crippen LogP contribution in [-0.4, -0.2) is 14.0 Å². The van der Waals surface area contributed by atoms with Crippen LogP contribution in [0.1, 0.15) is 0 Å². The first-order valence-electron chi connectivity index (χ1n) is 4.74. The van der Waals surface area contributed by atoms with Crippen molar-refractivity contribution in [1.82, 2.24) is 0 Å². The third-order valence-corrected chi connectivity index (χ3v) is 4.73. The molecule has 0 radical (unpaired) electrons. The molecule has 0 spiro atoms. The second-order valence-corrected chi connectivity index (χ2v) is 4.36. The van der Waals surface area contributed by atoms with Crippen molar-refractivity contribution in [2.24, 2.45) is 0 Å². The zero-order chi connectivity index (χ0) is 10.5. The summed E-state index contributed by atoms with van der Waals surface area (Å²) in [6.45, 7) is 0. The van der Waals surface area contributed by atoms with Gasteiger partial charge in [0.1, 0.15) is 0 Å². The fourth-order valence-corrected chi connectivity index (χ4v) is 0.642. The molecule has 0 aromatic heterocycles. The third kappa shape index (κ3) is 11.7. The van der Waals surface area contributed by atoms with E-state index in [0.29, 0.717) is 0 Å². The van der Waals surface area contributed by atoms with Crippen molar-refractivity contribution in [2.45, 2.75) is 6.04 Å². The molecule has 0 aliphatic rings. The molecule has 2 rings (SSSR count). The van der Waals surface area contributed by atoms with Crippen LogP contribution in [0, 0.1) is 0 Å². The van der Waals surface area contributed by atoms with Gasteiger partial charge in [-0.1, -0.05) is 0 Å². The molecule has 0 aliphatic heterocycles. The Hall–Kier alpha value is -0.330. The van der Waals surface area contributed by atoms with E-state index in [1.54, 1.807) is 24.2 Å². The molecule has 14 heavy (non-hydrogen) atoms. The molecule has 0 saturated carbocycles. The molecule has 0 unspecified atom stereocenters. The van der Waals surface area contributed by atoms with E-state index in [0.717, 1.165) is 0 Å². The Morgan fingerprint density at radius 2 is 1.21 bits per heavy atom. The molecule has 0 saturated heterocycles. The van der Waals surface area contributed by atoms with Crippen molar-refractivity contribution in [1.29, 1.82) is 0 Å². The van der Waals surface area contributed by atoms with Crippen molar-refractivity contribution in [3.63, 3.8) is 0 Å². The quantitative estimate of drug-likeness (QED) is 0.553. The van der Waals surface area contributed by atoms with Crippen LogP contribution in [0.25, 0.3) is 0 Å². The van der Waals surface area contributed by atoms with Gasteiger partial charge in [0.25, 0.3) is 0 Å². The predicted molar refractivity (Wildman–Crippen MR) is 64.9 cm³/mol.